The summed E-state index contributed by atoms with van der Waals surface area (Å²) in [5, 5.41) is 18.9. The molecule has 2 aromatic carbocycles. The van der Waals surface area contributed by atoms with Crippen LogP contribution in [0.25, 0.3) is 11.2 Å². The van der Waals surface area contributed by atoms with Crippen molar-refractivity contribution < 1.29 is 29.3 Å². The summed E-state index contributed by atoms with van der Waals surface area (Å²) in [5.74, 6) is -2.10. The van der Waals surface area contributed by atoms with Gasteiger partial charge in [-0.2, -0.15) is 0 Å². The van der Waals surface area contributed by atoms with Gasteiger partial charge in [-0.1, -0.05) is 24.3 Å². The third-order valence-electron chi connectivity index (χ3n) is 4.94. The van der Waals surface area contributed by atoms with E-state index in [2.05, 4.69) is 4.98 Å². The minimum absolute atomic E-state index is 0.0314. The number of hydrogen-bond acceptors (Lipinski definition) is 9. The van der Waals surface area contributed by atoms with Crippen LogP contribution in [-0.4, -0.2) is 47.6 Å². The fourth-order valence-electron chi connectivity index (χ4n) is 3.06. The molecule has 0 aliphatic carbocycles. The van der Waals surface area contributed by atoms with Crippen LogP contribution < -0.4 is 11.2 Å². The topological polar surface area (TPSA) is 155 Å². The van der Waals surface area contributed by atoms with Crippen LogP contribution in [0.15, 0.2) is 64.4 Å². The number of rotatable bonds is 4. The van der Waals surface area contributed by atoms with Crippen LogP contribution in [0.3, 0.4) is 0 Å². The second kappa shape index (κ2) is 10.4. The third-order valence-corrected chi connectivity index (χ3v) is 4.94. The van der Waals surface area contributed by atoms with E-state index in [0.29, 0.717) is 11.2 Å². The Balaban J connectivity index is 0.000000211. The quantitative estimate of drug-likeness (QED) is 0.321. The van der Waals surface area contributed by atoms with Gasteiger partial charge in [0.15, 0.2) is 11.2 Å². The minimum Gasteiger partial charge on any atom is -0.507 e. The molecule has 0 aliphatic heterocycles. The fourth-order valence-corrected chi connectivity index (χ4v) is 3.06. The molecule has 2 N–H and O–H groups in total. The molecule has 0 saturated heterocycles. The van der Waals surface area contributed by atoms with Gasteiger partial charge in [0.2, 0.25) is 6.79 Å². The SMILES string of the molecule is Cn1c(=O)c2c(ncn2C)n(C)c1=O.O=C(OCOC(=O)c1ccccc1O)c1ccccc1O. The number of esters is 2. The van der Waals surface area contributed by atoms with Gasteiger partial charge in [-0.3, -0.25) is 13.9 Å². The smallest absolute Gasteiger partial charge is 0.344 e. The zero-order chi connectivity index (χ0) is 25.7. The Morgan fingerprint density at radius 1 is 0.829 bits per heavy atom. The van der Waals surface area contributed by atoms with Crippen LogP contribution in [0, 0.1) is 0 Å². The number of phenols is 2. The lowest BCUT2D eigenvalue weighted by Crippen LogP contribution is -2.37. The summed E-state index contributed by atoms with van der Waals surface area (Å²) in [5.41, 5.74) is 0.117. The first-order valence-corrected chi connectivity index (χ1v) is 10.1. The van der Waals surface area contributed by atoms with Gasteiger partial charge in [-0.25, -0.2) is 19.4 Å². The normalized spacial score (nSPS) is 10.4. The van der Waals surface area contributed by atoms with E-state index in [1.807, 2.05) is 0 Å². The summed E-state index contributed by atoms with van der Waals surface area (Å²) < 4.78 is 13.5. The molecule has 4 aromatic rings. The number of aromatic nitrogens is 4. The predicted molar refractivity (Wildman–Crippen MR) is 123 cm³/mol. The summed E-state index contributed by atoms with van der Waals surface area (Å²) in [6, 6.07) is 11.7. The first-order valence-electron chi connectivity index (χ1n) is 10.1. The van der Waals surface area contributed by atoms with E-state index >= 15 is 0 Å². The molecule has 0 unspecified atom stereocenters. The van der Waals surface area contributed by atoms with Gasteiger partial charge in [0.05, 0.1) is 6.33 Å². The molecule has 182 valence electrons. The van der Waals surface area contributed by atoms with Crippen LogP contribution >= 0.6 is 0 Å². The van der Waals surface area contributed by atoms with Crippen molar-refractivity contribution in [2.24, 2.45) is 21.1 Å². The first kappa shape index (κ1) is 24.8. The van der Waals surface area contributed by atoms with Gasteiger partial charge in [0, 0.05) is 21.1 Å². The van der Waals surface area contributed by atoms with Crippen molar-refractivity contribution in [1.29, 1.82) is 0 Å². The highest BCUT2D eigenvalue weighted by Gasteiger charge is 2.15. The van der Waals surface area contributed by atoms with Crippen LogP contribution in [0.2, 0.25) is 0 Å². The molecule has 35 heavy (non-hydrogen) atoms. The van der Waals surface area contributed by atoms with E-state index in [-0.39, 0.29) is 33.9 Å². The molecule has 2 heterocycles. The lowest BCUT2D eigenvalue weighted by molar-refractivity contribution is -0.0169. The average Bonchev–Trinajstić information content (AvgIpc) is 3.23. The number of fused-ring (bicyclic) bond motifs is 1. The number of aromatic hydroxyl groups is 2. The molecule has 12 nitrogen and oxygen atoms in total. The number of carbonyl (C=O) groups excluding carboxylic acids is 2. The van der Waals surface area contributed by atoms with Crippen molar-refractivity contribution >= 4 is 23.1 Å². The Morgan fingerprint density at radius 2 is 1.31 bits per heavy atom. The summed E-state index contributed by atoms with van der Waals surface area (Å²) in [7, 11) is 4.77. The fraction of sp³-hybridized carbons (Fsp3) is 0.174. The number of ether oxygens (including phenoxy) is 2. The van der Waals surface area contributed by atoms with Crippen molar-refractivity contribution in [2.45, 2.75) is 0 Å². The standard InChI is InChI=1S/C15H12O6.C8H10N4O2/c16-12-7-3-1-5-10(12)14(18)20-9-21-15(19)11-6-2-4-8-13(11)17;1-10-4-9-6-5(10)7(13)12(3)8(14)11(6)2/h1-8,16-17H,9H2;4H,1-3H3. The molecule has 0 saturated carbocycles. The number of nitrogens with zero attached hydrogens (tertiary/aromatic N) is 4. The van der Waals surface area contributed by atoms with Gasteiger partial charge in [0.1, 0.15) is 22.6 Å². The number of carbonyl (C=O) groups is 2. The summed E-state index contributed by atoms with van der Waals surface area (Å²) in [6.07, 6.45) is 1.52. The summed E-state index contributed by atoms with van der Waals surface area (Å²) in [6.45, 7) is -0.625. The maximum absolute atomic E-state index is 11.7. The molecule has 0 fully saturated rings. The van der Waals surface area contributed by atoms with E-state index < -0.39 is 18.7 Å². The van der Waals surface area contributed by atoms with Gasteiger partial charge in [-0.05, 0) is 24.3 Å². The average molecular weight is 482 g/mol. The Kier molecular flexibility index (Phi) is 7.34. The zero-order valence-electron chi connectivity index (χ0n) is 19.0. The van der Waals surface area contributed by atoms with Crippen LogP contribution in [0.1, 0.15) is 20.7 Å². The molecule has 0 aliphatic rings. The minimum atomic E-state index is -0.821. The highest BCUT2D eigenvalue weighted by Crippen LogP contribution is 2.18. The summed E-state index contributed by atoms with van der Waals surface area (Å²) >= 11 is 0. The molecule has 0 radical (unpaired) electrons. The first-order chi connectivity index (χ1) is 16.6. The monoisotopic (exact) mass is 482 g/mol. The van der Waals surface area contributed by atoms with E-state index in [1.165, 1.54) is 42.2 Å². The highest BCUT2D eigenvalue weighted by molar-refractivity contribution is 5.93. The van der Waals surface area contributed by atoms with E-state index in [0.717, 1.165) is 4.57 Å². The molecule has 0 spiro atoms. The van der Waals surface area contributed by atoms with Gasteiger partial charge >= 0.3 is 17.6 Å². The Hall–Kier alpha value is -4.87. The lowest BCUT2D eigenvalue weighted by Gasteiger charge is -2.08. The molecular formula is C23H22N4O8. The van der Waals surface area contributed by atoms with Crippen molar-refractivity contribution in [2.75, 3.05) is 6.79 Å². The largest absolute Gasteiger partial charge is 0.507 e. The van der Waals surface area contributed by atoms with Crippen molar-refractivity contribution in [1.82, 2.24) is 18.7 Å². The van der Waals surface area contributed by atoms with Crippen LogP contribution in [0.4, 0.5) is 0 Å². The maximum atomic E-state index is 11.7. The van der Waals surface area contributed by atoms with Gasteiger partial charge in [-0.15, -0.1) is 0 Å². The number of aryl methyl sites for hydroxylation is 2. The van der Waals surface area contributed by atoms with Gasteiger partial charge in [0.25, 0.3) is 5.56 Å². The molecule has 2 aromatic heterocycles. The van der Waals surface area contributed by atoms with Crippen LogP contribution in [0.5, 0.6) is 11.5 Å². The summed E-state index contributed by atoms with van der Waals surface area (Å²) in [4.78, 5) is 50.4. The lowest BCUT2D eigenvalue weighted by atomic mass is 10.2. The van der Waals surface area contributed by atoms with Crippen molar-refractivity contribution in [3.05, 3.63) is 86.8 Å². The second-order valence-electron chi connectivity index (χ2n) is 7.25. The number of benzene rings is 2. The molecule has 0 bridgehead atoms. The molecular weight excluding hydrogens is 460 g/mol. The van der Waals surface area contributed by atoms with Crippen LogP contribution in [-0.2, 0) is 30.6 Å². The Morgan fingerprint density at radius 3 is 1.80 bits per heavy atom. The molecule has 0 atom stereocenters. The maximum Gasteiger partial charge on any atom is 0.344 e. The number of imidazole rings is 1. The number of phenolic OH excluding ortho intramolecular Hbond substituents is 2. The van der Waals surface area contributed by atoms with Crippen molar-refractivity contribution in [3.8, 4) is 11.5 Å². The second-order valence-corrected chi connectivity index (χ2v) is 7.25. The predicted octanol–water partition coefficient (Wildman–Crippen LogP) is 1.04. The Bertz CT molecular complexity index is 1460. The van der Waals surface area contributed by atoms with Gasteiger partial charge < -0.3 is 24.3 Å². The van der Waals surface area contributed by atoms with E-state index in [4.69, 9.17) is 9.47 Å². The molecule has 4 rings (SSSR count). The highest BCUT2D eigenvalue weighted by atomic mass is 16.7. The van der Waals surface area contributed by atoms with Crippen molar-refractivity contribution in [3.63, 3.8) is 0 Å². The third kappa shape index (κ3) is 5.21. The number of para-hydroxylation sites is 2. The van der Waals surface area contributed by atoms with E-state index in [1.54, 1.807) is 42.9 Å². The molecule has 0 amide bonds. The Labute approximate surface area is 197 Å². The number of hydrogen-bond donors (Lipinski definition) is 2. The molecule has 12 heteroatoms. The van der Waals surface area contributed by atoms with E-state index in [9.17, 15) is 29.4 Å². The zero-order valence-corrected chi connectivity index (χ0v) is 19.0.